The Morgan fingerprint density at radius 3 is 2.52 bits per heavy atom. The number of rotatable bonds is 4. The van der Waals surface area contributed by atoms with Crippen molar-refractivity contribution in [3.63, 3.8) is 0 Å². The van der Waals surface area contributed by atoms with Crippen molar-refractivity contribution in [2.24, 2.45) is 11.7 Å². The fraction of sp³-hybridized carbons (Fsp3) is 0.474. The molecule has 1 aliphatic heterocycles. The van der Waals surface area contributed by atoms with Crippen molar-refractivity contribution in [1.29, 1.82) is 0 Å². The van der Waals surface area contributed by atoms with E-state index in [-0.39, 0.29) is 24.4 Å². The first-order valence-corrected chi connectivity index (χ1v) is 8.67. The third-order valence-corrected chi connectivity index (χ3v) is 5.08. The summed E-state index contributed by atoms with van der Waals surface area (Å²) in [6, 6.07) is 10.4. The highest BCUT2D eigenvalue weighted by Crippen LogP contribution is 2.22. The van der Waals surface area contributed by atoms with Gasteiger partial charge in [0.1, 0.15) is 0 Å². The number of halogens is 1. The van der Waals surface area contributed by atoms with E-state index in [1.165, 1.54) is 5.56 Å². The normalized spacial score (nSPS) is 16.4. The lowest BCUT2D eigenvalue weighted by molar-refractivity contribution is 0.0680. The Balaban J connectivity index is 0.00000225. The van der Waals surface area contributed by atoms with Crippen LogP contribution < -0.4 is 5.73 Å². The van der Waals surface area contributed by atoms with Gasteiger partial charge in [0, 0.05) is 24.8 Å². The molecule has 0 radical (unpaired) electrons. The second kappa shape index (κ2) is 8.50. The lowest BCUT2D eigenvalue weighted by Gasteiger charge is -2.33. The van der Waals surface area contributed by atoms with Crippen LogP contribution in [0.15, 0.2) is 36.5 Å². The summed E-state index contributed by atoms with van der Waals surface area (Å²) in [6.45, 7) is 6.28. The van der Waals surface area contributed by atoms with E-state index in [1.807, 2.05) is 34.7 Å². The first-order valence-electron chi connectivity index (χ1n) is 8.67. The van der Waals surface area contributed by atoms with Crippen LogP contribution in [-0.2, 0) is 6.54 Å². The van der Waals surface area contributed by atoms with Crippen LogP contribution in [0.1, 0.15) is 41.4 Å². The molecule has 2 heterocycles. The van der Waals surface area contributed by atoms with Gasteiger partial charge in [-0.15, -0.1) is 12.4 Å². The highest BCUT2D eigenvalue weighted by atomic mass is 35.5. The van der Waals surface area contributed by atoms with E-state index in [1.54, 1.807) is 6.20 Å². The molecule has 0 bridgehead atoms. The topological polar surface area (TPSA) is 64.2 Å². The molecule has 25 heavy (non-hydrogen) atoms. The van der Waals surface area contributed by atoms with Crippen LogP contribution in [0.2, 0.25) is 0 Å². The SMILES string of the molecule is Cc1c(C(=O)N2CCC(C(C)N)CC2)cnn1Cc1ccccc1.Cl. The maximum Gasteiger partial charge on any atom is 0.257 e. The highest BCUT2D eigenvalue weighted by Gasteiger charge is 2.27. The zero-order valence-electron chi connectivity index (χ0n) is 14.9. The van der Waals surface area contributed by atoms with Gasteiger partial charge in [0.05, 0.1) is 18.3 Å². The molecule has 5 nitrogen and oxygen atoms in total. The number of carbonyl (C=O) groups excluding carboxylic acids is 1. The number of nitrogens with two attached hydrogens (primary N) is 1. The number of likely N-dealkylation sites (tertiary alicyclic amines) is 1. The number of aromatic nitrogens is 2. The molecular weight excluding hydrogens is 336 g/mol. The highest BCUT2D eigenvalue weighted by molar-refractivity contribution is 5.95. The molecule has 1 atom stereocenters. The van der Waals surface area contributed by atoms with E-state index >= 15 is 0 Å². The average Bonchev–Trinajstić information content (AvgIpc) is 2.96. The molecule has 1 unspecified atom stereocenters. The molecule has 136 valence electrons. The Kier molecular flexibility index (Phi) is 6.62. The molecule has 1 fully saturated rings. The van der Waals surface area contributed by atoms with Gasteiger partial charge in [-0.05, 0) is 38.2 Å². The molecular formula is C19H27ClN4O. The second-order valence-corrected chi connectivity index (χ2v) is 6.78. The van der Waals surface area contributed by atoms with Crippen LogP contribution >= 0.6 is 12.4 Å². The van der Waals surface area contributed by atoms with Gasteiger partial charge in [0.2, 0.25) is 0 Å². The summed E-state index contributed by atoms with van der Waals surface area (Å²) in [6.07, 6.45) is 3.68. The fourth-order valence-electron chi connectivity index (χ4n) is 3.37. The van der Waals surface area contributed by atoms with Crippen molar-refractivity contribution in [2.75, 3.05) is 13.1 Å². The summed E-state index contributed by atoms with van der Waals surface area (Å²) in [5.74, 6) is 0.617. The number of carbonyl (C=O) groups is 1. The van der Waals surface area contributed by atoms with E-state index < -0.39 is 0 Å². The molecule has 0 spiro atoms. The zero-order valence-corrected chi connectivity index (χ0v) is 15.7. The molecule has 1 saturated heterocycles. The number of amides is 1. The number of piperidine rings is 1. The summed E-state index contributed by atoms with van der Waals surface area (Å²) >= 11 is 0. The van der Waals surface area contributed by atoms with Gasteiger partial charge in [-0.25, -0.2) is 0 Å². The molecule has 1 amide bonds. The van der Waals surface area contributed by atoms with Crippen LogP contribution in [0, 0.1) is 12.8 Å². The number of nitrogens with zero attached hydrogens (tertiary/aromatic N) is 3. The Labute approximate surface area is 155 Å². The van der Waals surface area contributed by atoms with Crippen molar-refractivity contribution in [3.8, 4) is 0 Å². The Hall–Kier alpha value is -1.85. The third-order valence-electron chi connectivity index (χ3n) is 5.08. The Morgan fingerprint density at radius 2 is 1.92 bits per heavy atom. The zero-order chi connectivity index (χ0) is 17.1. The maximum absolute atomic E-state index is 12.8. The molecule has 2 aromatic rings. The first-order chi connectivity index (χ1) is 11.6. The van der Waals surface area contributed by atoms with Crippen molar-refractivity contribution in [1.82, 2.24) is 14.7 Å². The number of hydrogen-bond acceptors (Lipinski definition) is 3. The molecule has 6 heteroatoms. The number of hydrogen-bond donors (Lipinski definition) is 1. The van der Waals surface area contributed by atoms with Crippen LogP contribution in [-0.4, -0.2) is 39.7 Å². The molecule has 1 aromatic carbocycles. The minimum Gasteiger partial charge on any atom is -0.339 e. The minimum atomic E-state index is 0. The quantitative estimate of drug-likeness (QED) is 0.909. The Bertz CT molecular complexity index is 691. The predicted molar refractivity (Wildman–Crippen MR) is 102 cm³/mol. The van der Waals surface area contributed by atoms with Gasteiger partial charge in [0.15, 0.2) is 0 Å². The van der Waals surface area contributed by atoms with Crippen LogP contribution in [0.25, 0.3) is 0 Å². The number of benzene rings is 1. The summed E-state index contributed by atoms with van der Waals surface area (Å²) in [7, 11) is 0. The maximum atomic E-state index is 12.8. The summed E-state index contributed by atoms with van der Waals surface area (Å²) in [5, 5.41) is 4.42. The molecule has 0 aliphatic carbocycles. The van der Waals surface area contributed by atoms with E-state index in [0.29, 0.717) is 18.0 Å². The summed E-state index contributed by atoms with van der Waals surface area (Å²) < 4.78 is 1.90. The van der Waals surface area contributed by atoms with Gasteiger partial charge in [-0.2, -0.15) is 5.10 Å². The van der Waals surface area contributed by atoms with Gasteiger partial charge < -0.3 is 10.6 Å². The summed E-state index contributed by atoms with van der Waals surface area (Å²) in [4.78, 5) is 14.7. The Morgan fingerprint density at radius 1 is 1.28 bits per heavy atom. The molecule has 1 aromatic heterocycles. The van der Waals surface area contributed by atoms with Crippen molar-refractivity contribution >= 4 is 18.3 Å². The smallest absolute Gasteiger partial charge is 0.257 e. The van der Waals surface area contributed by atoms with Gasteiger partial charge in [-0.1, -0.05) is 30.3 Å². The predicted octanol–water partition coefficient (Wildman–Crippen LogP) is 2.86. The van der Waals surface area contributed by atoms with E-state index in [2.05, 4.69) is 24.2 Å². The largest absolute Gasteiger partial charge is 0.339 e. The molecule has 1 aliphatic rings. The standard InChI is InChI=1S/C19H26N4O.ClH/c1-14(20)17-8-10-22(11-9-17)19(24)18-12-21-23(15(18)2)13-16-6-4-3-5-7-16;/h3-7,12,14,17H,8-11,13,20H2,1-2H3;1H. The van der Waals surface area contributed by atoms with Crippen molar-refractivity contribution in [3.05, 3.63) is 53.3 Å². The fourth-order valence-corrected chi connectivity index (χ4v) is 3.37. The lowest BCUT2D eigenvalue weighted by Crippen LogP contribution is -2.42. The minimum absolute atomic E-state index is 0. The first kappa shape index (κ1) is 19.5. The van der Waals surface area contributed by atoms with Crippen molar-refractivity contribution < 1.29 is 4.79 Å². The molecule has 2 N–H and O–H groups in total. The van der Waals surface area contributed by atoms with E-state index in [4.69, 9.17) is 5.73 Å². The van der Waals surface area contributed by atoms with Gasteiger partial charge >= 0.3 is 0 Å². The van der Waals surface area contributed by atoms with E-state index in [0.717, 1.165) is 31.6 Å². The van der Waals surface area contributed by atoms with Crippen molar-refractivity contribution in [2.45, 2.75) is 39.3 Å². The summed E-state index contributed by atoms with van der Waals surface area (Å²) in [5.41, 5.74) is 8.81. The van der Waals surface area contributed by atoms with Crippen LogP contribution in [0.3, 0.4) is 0 Å². The molecule has 3 rings (SSSR count). The second-order valence-electron chi connectivity index (χ2n) is 6.78. The lowest BCUT2D eigenvalue weighted by atomic mass is 9.91. The van der Waals surface area contributed by atoms with Gasteiger partial charge in [-0.3, -0.25) is 9.48 Å². The molecule has 0 saturated carbocycles. The third kappa shape index (κ3) is 4.41. The average molecular weight is 363 g/mol. The van der Waals surface area contributed by atoms with E-state index in [9.17, 15) is 4.79 Å². The van der Waals surface area contributed by atoms with Crippen LogP contribution in [0.5, 0.6) is 0 Å². The van der Waals surface area contributed by atoms with Gasteiger partial charge in [0.25, 0.3) is 5.91 Å². The van der Waals surface area contributed by atoms with Crippen LogP contribution in [0.4, 0.5) is 0 Å². The monoisotopic (exact) mass is 362 g/mol.